The number of rotatable bonds is 13. The molecule has 0 aliphatic rings. The van der Waals surface area contributed by atoms with Gasteiger partial charge < -0.3 is 37.9 Å². The molecular weight excluding hydrogens is 607 g/mol. The third-order valence-electron chi connectivity index (χ3n) is 7.33. The summed E-state index contributed by atoms with van der Waals surface area (Å²) in [5, 5.41) is 42.7. The first-order chi connectivity index (χ1) is 21.0. The molecule has 0 aliphatic heterocycles. The molecule has 0 fully saturated rings. The van der Waals surface area contributed by atoms with Crippen LogP contribution in [0.25, 0.3) is 22.4 Å². The summed E-state index contributed by atoms with van der Waals surface area (Å²) in [6.45, 7) is 4.11. The molecule has 4 rings (SSSR count). The number of aliphatic hydroxyl groups is 2. The summed E-state index contributed by atoms with van der Waals surface area (Å²) in [6, 6.07) is 19.7. The van der Waals surface area contributed by atoms with E-state index in [1.54, 1.807) is 18.2 Å². The molecule has 1 heterocycles. The number of anilines is 1. The Hall–Kier alpha value is -3.41. The molecule has 0 aliphatic carbocycles. The van der Waals surface area contributed by atoms with E-state index in [4.69, 9.17) is 9.84 Å². The Bertz CT molecular complexity index is 1620. The minimum Gasteiger partial charge on any atom is -1.00 e. The number of hydrogen-bond acceptors (Lipinski definition) is 6. The SMILES string of the molecule is COc1cc(O)ccc1NC(=O)c1c(-c2ccccc2)c(-c2ccc(F)cc2)n(CCC(O)CC(O)CC(=O)O)c1C(C)C.[Ca+2].[H-].[H-]. The monoisotopic (exact) mass is 646 g/mol. The van der Waals surface area contributed by atoms with Crippen LogP contribution in [-0.2, 0) is 11.3 Å². The van der Waals surface area contributed by atoms with E-state index in [0.29, 0.717) is 33.8 Å². The van der Waals surface area contributed by atoms with Gasteiger partial charge in [0.15, 0.2) is 0 Å². The Morgan fingerprint density at radius 1 is 0.978 bits per heavy atom. The summed E-state index contributed by atoms with van der Waals surface area (Å²) >= 11 is 0. The number of carbonyl (C=O) groups excluding carboxylic acids is 1. The van der Waals surface area contributed by atoms with Crippen LogP contribution < -0.4 is 10.1 Å². The van der Waals surface area contributed by atoms with Crippen molar-refractivity contribution in [2.45, 2.75) is 57.8 Å². The molecule has 0 saturated carbocycles. The average molecular weight is 647 g/mol. The number of aromatic nitrogens is 1. The van der Waals surface area contributed by atoms with Crippen LogP contribution >= 0.6 is 0 Å². The van der Waals surface area contributed by atoms with Crippen LogP contribution in [-0.4, -0.2) is 93.9 Å². The van der Waals surface area contributed by atoms with Gasteiger partial charge in [-0.1, -0.05) is 44.2 Å². The Kier molecular flexibility index (Phi) is 13.0. The molecule has 1 aromatic heterocycles. The molecule has 0 saturated heterocycles. The minimum atomic E-state index is -1.21. The second-order valence-corrected chi connectivity index (χ2v) is 10.9. The van der Waals surface area contributed by atoms with Gasteiger partial charge in [-0.05, 0) is 66.3 Å². The molecule has 45 heavy (non-hydrogen) atoms. The fourth-order valence-corrected chi connectivity index (χ4v) is 5.46. The van der Waals surface area contributed by atoms with Gasteiger partial charge in [0.2, 0.25) is 0 Å². The van der Waals surface area contributed by atoms with Gasteiger partial charge >= 0.3 is 43.7 Å². The van der Waals surface area contributed by atoms with Crippen molar-refractivity contribution in [2.24, 2.45) is 0 Å². The number of nitrogens with zero attached hydrogens (tertiary/aromatic N) is 1. The molecule has 0 bridgehead atoms. The fourth-order valence-electron chi connectivity index (χ4n) is 5.46. The topological polar surface area (TPSA) is 141 Å². The number of carbonyl (C=O) groups is 2. The number of aliphatic carboxylic acids is 1. The summed E-state index contributed by atoms with van der Waals surface area (Å²) in [5.74, 6) is -1.96. The van der Waals surface area contributed by atoms with Crippen LogP contribution in [0.5, 0.6) is 11.5 Å². The molecule has 9 nitrogen and oxygen atoms in total. The molecule has 236 valence electrons. The van der Waals surface area contributed by atoms with Gasteiger partial charge in [-0.25, -0.2) is 4.39 Å². The second-order valence-electron chi connectivity index (χ2n) is 10.9. The van der Waals surface area contributed by atoms with Crippen LogP contribution in [0, 0.1) is 5.82 Å². The number of benzene rings is 3. The average Bonchev–Trinajstić information content (AvgIpc) is 3.33. The summed E-state index contributed by atoms with van der Waals surface area (Å²) in [7, 11) is 1.43. The molecule has 0 spiro atoms. The summed E-state index contributed by atoms with van der Waals surface area (Å²) < 4.78 is 21.4. The number of methoxy groups -OCH3 is 1. The fraction of sp³-hybridized carbons (Fsp3) is 0.294. The van der Waals surface area contributed by atoms with E-state index in [9.17, 15) is 29.3 Å². The smallest absolute Gasteiger partial charge is 1.00 e. The van der Waals surface area contributed by atoms with E-state index >= 15 is 0 Å². The normalized spacial score (nSPS) is 12.3. The first-order valence-electron chi connectivity index (χ1n) is 14.3. The number of carboxylic acid groups (broad SMARTS) is 1. The number of phenols is 1. The Morgan fingerprint density at radius 3 is 2.24 bits per heavy atom. The van der Waals surface area contributed by atoms with Crippen LogP contribution in [0.1, 0.15) is 57.9 Å². The summed E-state index contributed by atoms with van der Waals surface area (Å²) in [4.78, 5) is 25.3. The molecule has 1 amide bonds. The van der Waals surface area contributed by atoms with Crippen molar-refractivity contribution in [3.63, 3.8) is 0 Å². The van der Waals surface area contributed by atoms with Crippen molar-refractivity contribution >= 4 is 55.3 Å². The number of aliphatic hydroxyl groups excluding tert-OH is 2. The summed E-state index contributed by atoms with van der Waals surface area (Å²) in [6.07, 6.45) is -2.69. The van der Waals surface area contributed by atoms with Crippen LogP contribution in [0.4, 0.5) is 10.1 Å². The number of phenolic OH excluding ortho intramolecular Hbond substituents is 1. The van der Waals surface area contributed by atoms with Gasteiger partial charge in [-0.2, -0.15) is 0 Å². The molecular formula is C34H39CaFN2O7. The molecule has 5 N–H and O–H groups in total. The van der Waals surface area contributed by atoms with Crippen molar-refractivity contribution in [1.29, 1.82) is 0 Å². The molecule has 3 aromatic carbocycles. The minimum absolute atomic E-state index is 0. The van der Waals surface area contributed by atoms with Crippen molar-refractivity contribution in [1.82, 2.24) is 4.57 Å². The van der Waals surface area contributed by atoms with Crippen molar-refractivity contribution in [3.8, 4) is 33.9 Å². The third-order valence-corrected chi connectivity index (χ3v) is 7.33. The zero-order valence-electron chi connectivity index (χ0n) is 27.5. The van der Waals surface area contributed by atoms with Crippen molar-refractivity contribution in [3.05, 3.63) is 89.9 Å². The van der Waals surface area contributed by atoms with Crippen LogP contribution in [0.2, 0.25) is 0 Å². The van der Waals surface area contributed by atoms with Gasteiger partial charge in [0, 0.05) is 23.9 Å². The van der Waals surface area contributed by atoms with Crippen molar-refractivity contribution < 1.29 is 42.0 Å². The van der Waals surface area contributed by atoms with Crippen LogP contribution in [0.15, 0.2) is 72.8 Å². The van der Waals surface area contributed by atoms with Crippen LogP contribution in [0.3, 0.4) is 0 Å². The Balaban J connectivity index is 0.00000368. The van der Waals surface area contributed by atoms with Gasteiger partial charge in [0.05, 0.1) is 42.7 Å². The standard InChI is InChI=1S/C34H37FN2O7.Ca.2H/c1-20(2)32-31(34(43)36-27-14-13-24(38)18-28(27)44-3)30(21-7-5-4-6-8-21)33(22-9-11-23(35)12-10-22)37(32)16-15-25(39)17-26(40)19-29(41)42;;;/h4-14,18,20,25-26,38-40H,15-17,19H2,1-3H3,(H,36,43)(H,41,42);;;/q;+2;2*-1. The largest absolute Gasteiger partial charge is 2.00 e. The Labute approximate surface area is 294 Å². The number of amides is 1. The van der Waals surface area contributed by atoms with Gasteiger partial charge in [-0.3, -0.25) is 9.59 Å². The molecule has 0 radical (unpaired) electrons. The van der Waals surface area contributed by atoms with Gasteiger partial charge in [0.1, 0.15) is 17.3 Å². The number of halogens is 1. The predicted octanol–water partition coefficient (Wildman–Crippen LogP) is 5.87. The van der Waals surface area contributed by atoms with E-state index in [1.165, 1.54) is 31.4 Å². The predicted molar refractivity (Wildman–Crippen MR) is 173 cm³/mol. The van der Waals surface area contributed by atoms with E-state index in [0.717, 1.165) is 5.56 Å². The second kappa shape index (κ2) is 16.2. The van der Waals surface area contributed by atoms with Crippen molar-refractivity contribution in [2.75, 3.05) is 12.4 Å². The van der Waals surface area contributed by atoms with E-state index in [1.807, 2.05) is 48.7 Å². The quantitative estimate of drug-likeness (QED) is 0.0904. The third kappa shape index (κ3) is 8.86. The number of aromatic hydroxyl groups is 1. The maximum atomic E-state index is 14.3. The number of carboxylic acids is 1. The number of ether oxygens (including phenoxy) is 1. The number of nitrogens with one attached hydrogen (secondary N) is 1. The first-order valence-corrected chi connectivity index (χ1v) is 14.3. The molecule has 11 heteroatoms. The van der Waals surface area contributed by atoms with E-state index in [-0.39, 0.29) is 77.4 Å². The maximum Gasteiger partial charge on any atom is 2.00 e. The molecule has 2 unspecified atom stereocenters. The zero-order chi connectivity index (χ0) is 32.0. The van der Waals surface area contributed by atoms with E-state index < -0.39 is 36.3 Å². The number of hydrogen-bond donors (Lipinski definition) is 5. The maximum absolute atomic E-state index is 14.3. The van der Waals surface area contributed by atoms with E-state index in [2.05, 4.69) is 5.32 Å². The van der Waals surface area contributed by atoms with Gasteiger partial charge in [-0.15, -0.1) is 0 Å². The Morgan fingerprint density at radius 2 is 1.64 bits per heavy atom. The van der Waals surface area contributed by atoms with Gasteiger partial charge in [0.25, 0.3) is 5.91 Å². The summed E-state index contributed by atoms with van der Waals surface area (Å²) in [5.41, 5.74) is 4.03. The zero-order valence-corrected chi connectivity index (χ0v) is 27.7. The first kappa shape index (κ1) is 36.1. The molecule has 4 aromatic rings. The molecule has 2 atom stereocenters.